The lowest BCUT2D eigenvalue weighted by Gasteiger charge is -2.11. The maximum absolute atomic E-state index is 12.4. The number of Topliss-reactive ketones (excluding diaryl/α,β-unsaturated/α-hetero) is 1. The molecule has 8 heteroatoms. The topological polar surface area (TPSA) is 114 Å². The van der Waals surface area contributed by atoms with Crippen molar-refractivity contribution in [2.75, 3.05) is 5.32 Å². The first-order chi connectivity index (χ1) is 12.8. The number of hydrogen-bond acceptors (Lipinski definition) is 6. The van der Waals surface area contributed by atoms with Gasteiger partial charge in [-0.3, -0.25) is 19.7 Å². The lowest BCUT2D eigenvalue weighted by atomic mass is 10.0. The third-order valence-electron chi connectivity index (χ3n) is 3.83. The Balaban J connectivity index is 2.10. The number of ketones is 1. The number of amides is 1. The van der Waals surface area contributed by atoms with Gasteiger partial charge in [-0.2, -0.15) is 10.2 Å². The van der Waals surface area contributed by atoms with Gasteiger partial charge in [0, 0.05) is 17.8 Å². The quantitative estimate of drug-likeness (QED) is 0.337. The number of nitrogens with zero attached hydrogens (tertiary/aromatic N) is 3. The first kappa shape index (κ1) is 19.9. The molecular weight excluding hydrogens is 348 g/mol. The molecule has 0 bridgehead atoms. The minimum Gasteiger partial charge on any atom is -0.324 e. The van der Waals surface area contributed by atoms with E-state index in [2.05, 4.69) is 29.4 Å². The summed E-state index contributed by atoms with van der Waals surface area (Å²) in [7, 11) is 0. The molecule has 0 saturated heterocycles. The van der Waals surface area contributed by atoms with Gasteiger partial charge in [0.05, 0.1) is 10.6 Å². The first-order valence-corrected chi connectivity index (χ1v) is 8.34. The predicted molar refractivity (Wildman–Crippen MR) is 101 cm³/mol. The van der Waals surface area contributed by atoms with Crippen LogP contribution in [0.4, 0.5) is 17.1 Å². The van der Waals surface area contributed by atoms with Crippen LogP contribution in [0.3, 0.4) is 0 Å². The summed E-state index contributed by atoms with van der Waals surface area (Å²) in [4.78, 5) is 34.3. The van der Waals surface area contributed by atoms with Crippen molar-refractivity contribution >= 4 is 28.8 Å². The van der Waals surface area contributed by atoms with Gasteiger partial charge in [-0.1, -0.05) is 26.0 Å². The number of azo groups is 1. The molecule has 0 fully saturated rings. The van der Waals surface area contributed by atoms with Crippen LogP contribution in [0.1, 0.15) is 32.3 Å². The van der Waals surface area contributed by atoms with E-state index in [1.165, 1.54) is 31.2 Å². The number of carbonyl (C=O) groups excluding carboxylic acids is 2. The Bertz CT molecular complexity index is 858. The summed E-state index contributed by atoms with van der Waals surface area (Å²) < 4.78 is 0. The Kier molecular flexibility index (Phi) is 6.48. The van der Waals surface area contributed by atoms with Crippen LogP contribution in [-0.4, -0.2) is 22.7 Å². The standard InChI is InChI=1S/C19H20N4O4/c1-12(2)14-4-6-15(7-5-14)20-19(25)18(13(3)24)22-21-16-8-10-17(11-9-16)23(26)27/h4-12,18H,1-3H3,(H,20,25). The molecule has 0 aromatic heterocycles. The summed E-state index contributed by atoms with van der Waals surface area (Å²) >= 11 is 0. The Hall–Kier alpha value is -3.42. The van der Waals surface area contributed by atoms with Gasteiger partial charge in [0.15, 0.2) is 5.78 Å². The van der Waals surface area contributed by atoms with Crippen molar-refractivity contribution in [2.24, 2.45) is 10.2 Å². The second-order valence-electron chi connectivity index (χ2n) is 6.27. The van der Waals surface area contributed by atoms with Gasteiger partial charge in [0.25, 0.3) is 11.6 Å². The molecule has 2 rings (SSSR count). The zero-order valence-corrected chi connectivity index (χ0v) is 15.2. The fourth-order valence-corrected chi connectivity index (χ4v) is 2.25. The predicted octanol–water partition coefficient (Wildman–Crippen LogP) is 4.40. The number of benzene rings is 2. The summed E-state index contributed by atoms with van der Waals surface area (Å²) in [6.07, 6.45) is 0. The minimum absolute atomic E-state index is 0.0837. The van der Waals surface area contributed by atoms with Crippen LogP contribution >= 0.6 is 0 Å². The Labute approximate surface area is 156 Å². The molecule has 0 spiro atoms. The molecule has 8 nitrogen and oxygen atoms in total. The van der Waals surface area contributed by atoms with Crippen molar-refractivity contribution in [3.8, 4) is 0 Å². The number of nitro benzene ring substituents is 1. The van der Waals surface area contributed by atoms with Gasteiger partial charge in [-0.15, -0.1) is 0 Å². The molecule has 0 saturated carbocycles. The van der Waals surface area contributed by atoms with Crippen molar-refractivity contribution in [1.29, 1.82) is 0 Å². The van der Waals surface area contributed by atoms with Crippen molar-refractivity contribution < 1.29 is 14.5 Å². The maximum atomic E-state index is 12.4. The highest BCUT2D eigenvalue weighted by atomic mass is 16.6. The molecule has 0 heterocycles. The van der Waals surface area contributed by atoms with Crippen molar-refractivity contribution in [3.63, 3.8) is 0 Å². The number of anilines is 1. The van der Waals surface area contributed by atoms with E-state index < -0.39 is 22.7 Å². The average Bonchev–Trinajstić information content (AvgIpc) is 2.62. The smallest absolute Gasteiger partial charge is 0.269 e. The zero-order valence-electron chi connectivity index (χ0n) is 15.2. The monoisotopic (exact) mass is 368 g/mol. The summed E-state index contributed by atoms with van der Waals surface area (Å²) in [5, 5.41) is 20.9. The molecule has 1 unspecified atom stereocenters. The normalized spacial score (nSPS) is 12.1. The van der Waals surface area contributed by atoms with E-state index in [9.17, 15) is 19.7 Å². The molecular formula is C19H20N4O4. The van der Waals surface area contributed by atoms with Gasteiger partial charge in [0.2, 0.25) is 6.04 Å². The maximum Gasteiger partial charge on any atom is 0.269 e. The van der Waals surface area contributed by atoms with Crippen LogP contribution in [0.15, 0.2) is 58.8 Å². The molecule has 2 aromatic rings. The van der Waals surface area contributed by atoms with Crippen molar-refractivity contribution in [1.82, 2.24) is 0 Å². The zero-order chi connectivity index (χ0) is 20.0. The molecule has 2 aromatic carbocycles. The van der Waals surface area contributed by atoms with Crippen LogP contribution in [0.25, 0.3) is 0 Å². The lowest BCUT2D eigenvalue weighted by Crippen LogP contribution is -2.31. The average molecular weight is 368 g/mol. The van der Waals surface area contributed by atoms with Crippen LogP contribution in [0.2, 0.25) is 0 Å². The second kappa shape index (κ2) is 8.79. The molecule has 1 amide bonds. The van der Waals surface area contributed by atoms with E-state index in [4.69, 9.17) is 0 Å². The first-order valence-electron chi connectivity index (χ1n) is 8.34. The van der Waals surface area contributed by atoms with Crippen LogP contribution < -0.4 is 5.32 Å². The second-order valence-corrected chi connectivity index (χ2v) is 6.27. The Morgan fingerprint density at radius 2 is 1.63 bits per heavy atom. The fraction of sp³-hybridized carbons (Fsp3) is 0.263. The number of hydrogen-bond donors (Lipinski definition) is 1. The highest BCUT2D eigenvalue weighted by molar-refractivity contribution is 6.10. The summed E-state index contributed by atoms with van der Waals surface area (Å²) in [6.45, 7) is 5.39. The van der Waals surface area contributed by atoms with Crippen molar-refractivity contribution in [3.05, 3.63) is 64.2 Å². The third-order valence-corrected chi connectivity index (χ3v) is 3.83. The number of nitrogens with one attached hydrogen (secondary N) is 1. The molecule has 27 heavy (non-hydrogen) atoms. The van der Waals surface area contributed by atoms with E-state index in [1.54, 1.807) is 12.1 Å². The van der Waals surface area contributed by atoms with Gasteiger partial charge < -0.3 is 5.32 Å². The number of rotatable bonds is 7. The van der Waals surface area contributed by atoms with E-state index >= 15 is 0 Å². The van der Waals surface area contributed by atoms with E-state index in [-0.39, 0.29) is 5.69 Å². The molecule has 0 aliphatic carbocycles. The third kappa shape index (κ3) is 5.53. The molecule has 1 atom stereocenters. The van der Waals surface area contributed by atoms with Gasteiger partial charge >= 0.3 is 0 Å². The summed E-state index contributed by atoms with van der Waals surface area (Å²) in [5.41, 5.74) is 1.91. The van der Waals surface area contributed by atoms with E-state index in [1.807, 2.05) is 12.1 Å². The molecule has 0 aliphatic heterocycles. The van der Waals surface area contributed by atoms with Crippen LogP contribution in [0.5, 0.6) is 0 Å². The molecule has 0 aliphatic rings. The molecule has 0 radical (unpaired) electrons. The Morgan fingerprint density at radius 3 is 2.11 bits per heavy atom. The highest BCUT2D eigenvalue weighted by Crippen LogP contribution is 2.20. The molecule has 1 N–H and O–H groups in total. The highest BCUT2D eigenvalue weighted by Gasteiger charge is 2.23. The fourth-order valence-electron chi connectivity index (χ4n) is 2.25. The lowest BCUT2D eigenvalue weighted by molar-refractivity contribution is -0.384. The van der Waals surface area contributed by atoms with Crippen molar-refractivity contribution in [2.45, 2.75) is 32.7 Å². The van der Waals surface area contributed by atoms with Gasteiger partial charge in [-0.25, -0.2) is 0 Å². The van der Waals surface area contributed by atoms with Gasteiger partial charge in [-0.05, 0) is 42.7 Å². The van der Waals surface area contributed by atoms with E-state index in [0.717, 1.165) is 5.56 Å². The number of nitro groups is 1. The van der Waals surface area contributed by atoms with Crippen LogP contribution in [0, 0.1) is 10.1 Å². The molecule has 140 valence electrons. The number of carbonyl (C=O) groups is 2. The summed E-state index contributed by atoms with van der Waals surface area (Å²) in [5.74, 6) is -0.683. The summed E-state index contributed by atoms with van der Waals surface area (Å²) in [6, 6.07) is 11.4. The number of non-ortho nitro benzene ring substituents is 1. The van der Waals surface area contributed by atoms with Gasteiger partial charge in [0.1, 0.15) is 0 Å². The minimum atomic E-state index is -1.30. The Morgan fingerprint density at radius 1 is 1.04 bits per heavy atom. The van der Waals surface area contributed by atoms with E-state index in [0.29, 0.717) is 17.3 Å². The van der Waals surface area contributed by atoms with Crippen LogP contribution in [-0.2, 0) is 9.59 Å². The SMILES string of the molecule is CC(=O)C(N=Nc1ccc([N+](=O)[O-])cc1)C(=O)Nc1ccc(C(C)C)cc1. The largest absolute Gasteiger partial charge is 0.324 e.